The zero-order valence-electron chi connectivity index (χ0n) is 12.9. The third kappa shape index (κ3) is 5.32. The van der Waals surface area contributed by atoms with E-state index in [4.69, 9.17) is 9.79 Å². The van der Waals surface area contributed by atoms with Crippen molar-refractivity contribution in [1.29, 1.82) is 0 Å². The molecule has 0 spiro atoms. The number of aliphatic hydroxyl groups is 2. The van der Waals surface area contributed by atoms with Crippen LogP contribution in [0, 0.1) is 5.92 Å². The topological polar surface area (TPSA) is 131 Å². The van der Waals surface area contributed by atoms with E-state index >= 15 is 0 Å². The van der Waals surface area contributed by atoms with Gasteiger partial charge >= 0.3 is 7.75 Å². The molecule has 130 valence electrons. The van der Waals surface area contributed by atoms with Crippen LogP contribution in [0.3, 0.4) is 0 Å². The fourth-order valence-corrected chi connectivity index (χ4v) is 3.08. The number of aliphatic hydroxyl groups excluding tert-OH is 2. The standard InChI is InChI=1S/C16H20NO6P/c18-12-9-7-11(8-10-12)3-1-5-14(19)16-13(17-24(21,22)23)4-2-6-15(16)20/h2,4,6-10,14,16,18-20H,1,3,5H2,(H2,21,22,23)/b17-13+. The van der Waals surface area contributed by atoms with Gasteiger partial charge in [0, 0.05) is 0 Å². The highest BCUT2D eigenvalue weighted by atomic mass is 31.2. The maximum Gasteiger partial charge on any atom is 0.448 e. The second-order valence-corrected chi connectivity index (χ2v) is 6.82. The molecule has 1 aromatic carbocycles. The van der Waals surface area contributed by atoms with Gasteiger partial charge in [0.25, 0.3) is 0 Å². The molecular weight excluding hydrogens is 333 g/mol. The number of aryl methyl sites for hydroxylation is 1. The highest BCUT2D eigenvalue weighted by Crippen LogP contribution is 2.39. The Kier molecular flexibility index (Phi) is 5.96. The molecule has 2 atom stereocenters. The van der Waals surface area contributed by atoms with Crippen molar-refractivity contribution in [2.24, 2.45) is 10.7 Å². The van der Waals surface area contributed by atoms with Gasteiger partial charge in [-0.15, -0.1) is 0 Å². The number of benzene rings is 1. The van der Waals surface area contributed by atoms with Crippen molar-refractivity contribution in [3.8, 4) is 5.75 Å². The first-order valence-corrected chi connectivity index (χ1v) is 9.01. The molecule has 2 unspecified atom stereocenters. The van der Waals surface area contributed by atoms with Crippen LogP contribution in [0.15, 0.2) is 53.0 Å². The summed E-state index contributed by atoms with van der Waals surface area (Å²) in [5, 5.41) is 29.5. The van der Waals surface area contributed by atoms with Gasteiger partial charge in [0.15, 0.2) is 0 Å². The Morgan fingerprint density at radius 2 is 1.83 bits per heavy atom. The maximum atomic E-state index is 11.1. The van der Waals surface area contributed by atoms with Crippen LogP contribution in [0.5, 0.6) is 5.75 Å². The van der Waals surface area contributed by atoms with Crippen LogP contribution in [0.1, 0.15) is 18.4 Å². The van der Waals surface area contributed by atoms with Crippen molar-refractivity contribution in [3.63, 3.8) is 0 Å². The summed E-state index contributed by atoms with van der Waals surface area (Å²) in [5.41, 5.74) is 0.952. The van der Waals surface area contributed by atoms with Crippen molar-refractivity contribution in [3.05, 3.63) is 53.8 Å². The van der Waals surface area contributed by atoms with Gasteiger partial charge in [-0.3, -0.25) is 0 Å². The van der Waals surface area contributed by atoms with E-state index in [9.17, 15) is 19.9 Å². The van der Waals surface area contributed by atoms with Crippen molar-refractivity contribution in [1.82, 2.24) is 0 Å². The van der Waals surface area contributed by atoms with Crippen molar-refractivity contribution in [2.45, 2.75) is 25.4 Å². The second-order valence-electron chi connectivity index (χ2n) is 5.59. The first-order valence-electron chi connectivity index (χ1n) is 7.45. The van der Waals surface area contributed by atoms with Crippen LogP contribution in [0.4, 0.5) is 0 Å². The molecule has 1 aromatic rings. The van der Waals surface area contributed by atoms with Crippen molar-refractivity contribution >= 4 is 13.5 Å². The summed E-state index contributed by atoms with van der Waals surface area (Å²) in [7, 11) is -4.65. The van der Waals surface area contributed by atoms with E-state index < -0.39 is 19.8 Å². The number of hydrogen-bond donors (Lipinski definition) is 5. The van der Waals surface area contributed by atoms with Gasteiger partial charge in [-0.1, -0.05) is 18.2 Å². The molecule has 0 aliphatic heterocycles. The fraction of sp³-hybridized carbons (Fsp3) is 0.312. The molecule has 1 aliphatic rings. The molecule has 0 fully saturated rings. The molecular formula is C16H20NO6P. The molecule has 8 heteroatoms. The maximum absolute atomic E-state index is 11.1. The van der Waals surface area contributed by atoms with Gasteiger partial charge in [0.1, 0.15) is 11.5 Å². The van der Waals surface area contributed by atoms with E-state index in [1.54, 1.807) is 24.3 Å². The van der Waals surface area contributed by atoms with Gasteiger partial charge in [-0.05, 0) is 49.1 Å². The molecule has 0 aromatic heterocycles. The second kappa shape index (κ2) is 7.77. The van der Waals surface area contributed by atoms with Crippen molar-refractivity contribution in [2.75, 3.05) is 0 Å². The minimum absolute atomic E-state index is 0.0412. The first-order chi connectivity index (χ1) is 11.3. The Morgan fingerprint density at radius 1 is 1.17 bits per heavy atom. The number of phenolic OH excluding ortho intramolecular Hbond substituents is 1. The highest BCUT2D eigenvalue weighted by Gasteiger charge is 2.30. The van der Waals surface area contributed by atoms with Crippen LogP contribution in [-0.2, 0) is 11.0 Å². The summed E-state index contributed by atoms with van der Waals surface area (Å²) >= 11 is 0. The number of nitrogens with zero attached hydrogens (tertiary/aromatic N) is 1. The molecule has 1 aliphatic carbocycles. The van der Waals surface area contributed by atoms with Crippen LogP contribution < -0.4 is 0 Å². The van der Waals surface area contributed by atoms with E-state index in [1.165, 1.54) is 18.2 Å². The lowest BCUT2D eigenvalue weighted by molar-refractivity contribution is 0.120. The molecule has 0 amide bonds. The predicted octanol–water partition coefficient (Wildman–Crippen LogP) is 2.24. The Morgan fingerprint density at radius 3 is 2.46 bits per heavy atom. The van der Waals surface area contributed by atoms with E-state index in [0.717, 1.165) is 5.56 Å². The van der Waals surface area contributed by atoms with E-state index in [-0.39, 0.29) is 17.2 Å². The highest BCUT2D eigenvalue weighted by molar-refractivity contribution is 7.50. The molecule has 0 bridgehead atoms. The quantitative estimate of drug-likeness (QED) is 0.499. The lowest BCUT2D eigenvalue weighted by atomic mass is 9.88. The van der Waals surface area contributed by atoms with E-state index in [2.05, 4.69) is 4.76 Å². The van der Waals surface area contributed by atoms with Crippen molar-refractivity contribution < 1.29 is 29.7 Å². The Labute approximate surface area is 139 Å². The van der Waals surface area contributed by atoms with E-state index in [1.807, 2.05) is 0 Å². The molecule has 0 saturated carbocycles. The lowest BCUT2D eigenvalue weighted by Gasteiger charge is -2.24. The number of allylic oxidation sites excluding steroid dienone is 3. The Hall–Kier alpha value is -1.92. The molecule has 7 nitrogen and oxygen atoms in total. The average Bonchev–Trinajstić information content (AvgIpc) is 2.47. The zero-order valence-corrected chi connectivity index (χ0v) is 13.8. The number of rotatable bonds is 6. The van der Waals surface area contributed by atoms with Crippen LogP contribution >= 0.6 is 7.75 Å². The SMILES string of the molecule is O=P(O)(O)/N=C1\C=CC=C(O)C1C(O)CCCc1ccc(O)cc1. The summed E-state index contributed by atoms with van der Waals surface area (Å²) in [6, 6.07) is 6.72. The number of aromatic hydroxyl groups is 1. The average molecular weight is 353 g/mol. The molecule has 0 saturated heterocycles. The van der Waals surface area contributed by atoms with E-state index in [0.29, 0.717) is 19.3 Å². The molecule has 2 rings (SSSR count). The predicted molar refractivity (Wildman–Crippen MR) is 89.9 cm³/mol. The number of phenols is 1. The number of hydrogen-bond acceptors (Lipinski definition) is 4. The first kappa shape index (κ1) is 18.4. The largest absolute Gasteiger partial charge is 0.512 e. The Bertz CT molecular complexity index is 704. The third-order valence-corrected chi connectivity index (χ3v) is 4.19. The smallest absolute Gasteiger partial charge is 0.448 e. The Balaban J connectivity index is 2.01. The minimum Gasteiger partial charge on any atom is -0.512 e. The van der Waals surface area contributed by atoms with Crippen LogP contribution in [0.25, 0.3) is 0 Å². The molecule has 0 heterocycles. The van der Waals surface area contributed by atoms with Crippen LogP contribution in [0.2, 0.25) is 0 Å². The van der Waals surface area contributed by atoms with Crippen LogP contribution in [-0.4, -0.2) is 36.9 Å². The summed E-state index contributed by atoms with van der Waals surface area (Å²) in [4.78, 5) is 18.0. The fourth-order valence-electron chi connectivity index (χ4n) is 2.59. The minimum atomic E-state index is -4.65. The van der Waals surface area contributed by atoms with Gasteiger partial charge in [0.2, 0.25) is 0 Å². The van der Waals surface area contributed by atoms with Gasteiger partial charge in [-0.2, -0.15) is 4.76 Å². The molecule has 0 radical (unpaired) electrons. The van der Waals surface area contributed by atoms with Gasteiger partial charge in [0.05, 0.1) is 17.7 Å². The molecule has 24 heavy (non-hydrogen) atoms. The zero-order chi connectivity index (χ0) is 17.7. The summed E-state index contributed by atoms with van der Waals surface area (Å²) in [5.74, 6) is -0.953. The molecule has 5 N–H and O–H groups in total. The summed E-state index contributed by atoms with van der Waals surface area (Å²) in [6.07, 6.45) is 4.71. The summed E-state index contributed by atoms with van der Waals surface area (Å²) in [6.45, 7) is 0. The third-order valence-electron chi connectivity index (χ3n) is 3.70. The normalized spacial score (nSPS) is 20.9. The van der Waals surface area contributed by atoms with Gasteiger partial charge in [-0.25, -0.2) is 4.57 Å². The monoisotopic (exact) mass is 353 g/mol. The van der Waals surface area contributed by atoms with Gasteiger partial charge < -0.3 is 25.1 Å². The summed E-state index contributed by atoms with van der Waals surface area (Å²) < 4.78 is 14.4. The lowest BCUT2D eigenvalue weighted by Crippen LogP contribution is -2.30.